The summed E-state index contributed by atoms with van der Waals surface area (Å²) in [5.74, 6) is -0.0814. The fourth-order valence-electron chi connectivity index (χ4n) is 1.82. The maximum Gasteiger partial charge on any atom is 0.350 e. The summed E-state index contributed by atoms with van der Waals surface area (Å²) >= 11 is 0. The van der Waals surface area contributed by atoms with Crippen molar-refractivity contribution in [3.63, 3.8) is 0 Å². The molecule has 0 spiro atoms. The van der Waals surface area contributed by atoms with Gasteiger partial charge < -0.3 is 19.5 Å². The highest BCUT2D eigenvalue weighted by Gasteiger charge is 2.14. The van der Waals surface area contributed by atoms with E-state index in [1.54, 1.807) is 19.2 Å². The number of carbonyl (C=O) groups excluding carboxylic acids is 1. The fraction of sp³-hybridized carbons (Fsp3) is 0.500. The molecule has 1 rings (SSSR count). The Kier molecular flexibility index (Phi) is 9.71. The maximum absolute atomic E-state index is 11.9. The number of hydrogen-bond acceptors (Lipinski definition) is 7. The van der Waals surface area contributed by atoms with Gasteiger partial charge >= 0.3 is 5.97 Å². The number of pyridine rings is 1. The molecule has 0 fully saturated rings. The number of hydrogen-bond donors (Lipinski definition) is 1. The average Bonchev–Trinajstić information content (AvgIpc) is 2.63. The predicted octanol–water partition coefficient (Wildman–Crippen LogP) is 2.34. The van der Waals surface area contributed by atoms with Crippen molar-refractivity contribution >= 4 is 5.97 Å². The first-order valence-corrected chi connectivity index (χ1v) is 8.29. The summed E-state index contributed by atoms with van der Waals surface area (Å²) in [6.07, 6.45) is 2.62. The molecule has 0 aliphatic heterocycles. The Balaban J connectivity index is 2.56. The largest absolute Gasteiger partial charge is 0.478 e. The van der Waals surface area contributed by atoms with Crippen LogP contribution in [-0.4, -0.2) is 37.4 Å². The highest BCUT2D eigenvalue weighted by Crippen LogP contribution is 2.09. The molecule has 0 aliphatic carbocycles. The second-order valence-electron chi connectivity index (χ2n) is 5.15. The van der Waals surface area contributed by atoms with Gasteiger partial charge in [0.25, 0.3) is 0 Å². The summed E-state index contributed by atoms with van der Waals surface area (Å²) < 4.78 is 15.5. The zero-order valence-corrected chi connectivity index (χ0v) is 15.0. The molecule has 0 unspecified atom stereocenters. The summed E-state index contributed by atoms with van der Waals surface area (Å²) in [7, 11) is 0. The van der Waals surface area contributed by atoms with Gasteiger partial charge in [-0.2, -0.15) is 5.26 Å². The molecule has 25 heavy (non-hydrogen) atoms. The minimum Gasteiger partial charge on any atom is -0.478 e. The summed E-state index contributed by atoms with van der Waals surface area (Å²) in [4.78, 5) is 16.1. The Morgan fingerprint density at radius 2 is 2.08 bits per heavy atom. The van der Waals surface area contributed by atoms with Crippen LogP contribution in [0.5, 0.6) is 5.88 Å². The molecule has 0 bridgehead atoms. The topological polar surface area (TPSA) is 93.5 Å². The van der Waals surface area contributed by atoms with Crippen molar-refractivity contribution in [2.24, 2.45) is 0 Å². The normalized spacial score (nSPS) is 11.3. The smallest absolute Gasteiger partial charge is 0.350 e. The molecule has 0 atom stereocenters. The number of nitriles is 1. The first kappa shape index (κ1) is 20.5. The third kappa shape index (κ3) is 7.68. The van der Waals surface area contributed by atoms with E-state index in [1.807, 2.05) is 26.0 Å². The zero-order chi connectivity index (χ0) is 18.5. The lowest BCUT2D eigenvalue weighted by atomic mass is 10.2. The Morgan fingerprint density at radius 3 is 2.68 bits per heavy atom. The van der Waals surface area contributed by atoms with Crippen molar-refractivity contribution in [3.05, 3.63) is 35.2 Å². The third-order valence-corrected chi connectivity index (χ3v) is 3.17. The highest BCUT2D eigenvalue weighted by molar-refractivity contribution is 5.93. The minimum atomic E-state index is -0.659. The van der Waals surface area contributed by atoms with Gasteiger partial charge in [0.05, 0.1) is 13.2 Å². The second kappa shape index (κ2) is 11.9. The van der Waals surface area contributed by atoms with E-state index in [4.69, 9.17) is 14.2 Å². The monoisotopic (exact) mass is 347 g/mol. The second-order valence-corrected chi connectivity index (χ2v) is 5.15. The molecule has 0 radical (unpaired) electrons. The van der Waals surface area contributed by atoms with Gasteiger partial charge in [-0.05, 0) is 25.8 Å². The number of aromatic nitrogens is 1. The molecule has 7 heteroatoms. The van der Waals surface area contributed by atoms with E-state index >= 15 is 0 Å². The van der Waals surface area contributed by atoms with E-state index in [0.717, 1.165) is 12.0 Å². The van der Waals surface area contributed by atoms with Crippen LogP contribution in [-0.2, 0) is 20.8 Å². The van der Waals surface area contributed by atoms with Crippen LogP contribution in [0.2, 0.25) is 0 Å². The van der Waals surface area contributed by atoms with Crippen molar-refractivity contribution in [2.45, 2.75) is 33.7 Å². The molecule has 1 aromatic heterocycles. The summed E-state index contributed by atoms with van der Waals surface area (Å²) in [6.45, 7) is 7.59. The quantitative estimate of drug-likeness (QED) is 0.284. The van der Waals surface area contributed by atoms with E-state index in [9.17, 15) is 10.1 Å². The molecule has 7 nitrogen and oxygen atoms in total. The number of rotatable bonds is 11. The van der Waals surface area contributed by atoms with Crippen LogP contribution in [0.4, 0.5) is 0 Å². The van der Waals surface area contributed by atoms with E-state index in [-0.39, 0.29) is 12.2 Å². The van der Waals surface area contributed by atoms with Gasteiger partial charge in [0.2, 0.25) is 5.88 Å². The van der Waals surface area contributed by atoms with E-state index in [2.05, 4.69) is 10.3 Å². The van der Waals surface area contributed by atoms with Crippen molar-refractivity contribution in [1.29, 1.82) is 5.26 Å². The van der Waals surface area contributed by atoms with E-state index in [0.29, 0.717) is 37.9 Å². The molecular weight excluding hydrogens is 322 g/mol. The summed E-state index contributed by atoms with van der Waals surface area (Å²) in [5.41, 5.74) is 1.31. The predicted molar refractivity (Wildman–Crippen MR) is 92.6 cm³/mol. The molecule has 1 aromatic rings. The molecular formula is C18H25N3O4. The van der Waals surface area contributed by atoms with E-state index in [1.165, 1.54) is 0 Å². The standard InChI is InChI=1S/C18H25N3O4/c1-4-8-24-17-7-6-15(13-21-17)12-20-14(3)16(11-19)18(22)25-10-9-23-5-2/h6-7,13,20H,4-5,8-10,12H2,1-3H3/b16-14-. The molecule has 1 N–H and O–H groups in total. The molecule has 1 heterocycles. The van der Waals surface area contributed by atoms with Crippen LogP contribution < -0.4 is 10.1 Å². The molecule has 0 saturated heterocycles. The minimum absolute atomic E-state index is 0.0487. The Hall–Kier alpha value is -2.59. The summed E-state index contributed by atoms with van der Waals surface area (Å²) in [5, 5.41) is 12.2. The van der Waals surface area contributed by atoms with Gasteiger partial charge in [-0.25, -0.2) is 9.78 Å². The number of ether oxygens (including phenoxy) is 3. The summed E-state index contributed by atoms with van der Waals surface area (Å²) in [6, 6.07) is 5.55. The molecule has 0 amide bonds. The molecule has 0 saturated carbocycles. The fourth-order valence-corrected chi connectivity index (χ4v) is 1.82. The lowest BCUT2D eigenvalue weighted by Crippen LogP contribution is -2.19. The van der Waals surface area contributed by atoms with Crippen LogP contribution in [0.25, 0.3) is 0 Å². The van der Waals surface area contributed by atoms with Crippen molar-refractivity contribution in [2.75, 3.05) is 26.4 Å². The van der Waals surface area contributed by atoms with Crippen LogP contribution >= 0.6 is 0 Å². The van der Waals surface area contributed by atoms with Gasteiger partial charge in [0.1, 0.15) is 12.7 Å². The lowest BCUT2D eigenvalue weighted by Gasteiger charge is -2.10. The average molecular weight is 347 g/mol. The maximum atomic E-state index is 11.9. The van der Waals surface area contributed by atoms with Crippen LogP contribution in [0, 0.1) is 11.3 Å². The van der Waals surface area contributed by atoms with Gasteiger partial charge in [-0.15, -0.1) is 0 Å². The third-order valence-electron chi connectivity index (χ3n) is 3.17. The van der Waals surface area contributed by atoms with Crippen molar-refractivity contribution < 1.29 is 19.0 Å². The molecule has 136 valence electrons. The number of esters is 1. The van der Waals surface area contributed by atoms with Crippen molar-refractivity contribution in [1.82, 2.24) is 10.3 Å². The van der Waals surface area contributed by atoms with Crippen LogP contribution in [0.1, 0.15) is 32.8 Å². The first-order valence-electron chi connectivity index (χ1n) is 8.29. The van der Waals surface area contributed by atoms with Crippen LogP contribution in [0.15, 0.2) is 29.6 Å². The van der Waals surface area contributed by atoms with Crippen LogP contribution in [0.3, 0.4) is 0 Å². The number of nitrogens with one attached hydrogen (secondary N) is 1. The zero-order valence-electron chi connectivity index (χ0n) is 15.0. The number of allylic oxidation sites excluding steroid dienone is 1. The Bertz CT molecular complexity index is 606. The van der Waals surface area contributed by atoms with E-state index < -0.39 is 5.97 Å². The number of nitrogens with zero attached hydrogens (tertiary/aromatic N) is 2. The highest BCUT2D eigenvalue weighted by atomic mass is 16.6. The van der Waals surface area contributed by atoms with Gasteiger partial charge in [-0.3, -0.25) is 0 Å². The van der Waals surface area contributed by atoms with Crippen molar-refractivity contribution in [3.8, 4) is 11.9 Å². The van der Waals surface area contributed by atoms with Gasteiger partial charge in [0.15, 0.2) is 5.57 Å². The number of carbonyl (C=O) groups is 1. The first-order chi connectivity index (χ1) is 12.1. The Morgan fingerprint density at radius 1 is 1.28 bits per heavy atom. The Labute approximate surface area is 148 Å². The lowest BCUT2D eigenvalue weighted by molar-refractivity contribution is -0.140. The molecule has 0 aromatic carbocycles. The molecule has 0 aliphatic rings. The van der Waals surface area contributed by atoms with Gasteiger partial charge in [0, 0.05) is 31.1 Å². The van der Waals surface area contributed by atoms with Gasteiger partial charge in [-0.1, -0.05) is 13.0 Å². The SMILES string of the molecule is CCCOc1ccc(CN/C(C)=C(/C#N)C(=O)OCCOCC)cn1.